The molecular weight excluding hydrogens is 262 g/mol. The van der Waals surface area contributed by atoms with Crippen molar-refractivity contribution in [2.24, 2.45) is 0 Å². The monoisotopic (exact) mass is 276 g/mol. The highest BCUT2D eigenvalue weighted by atomic mass is 19.1. The van der Waals surface area contributed by atoms with E-state index in [9.17, 15) is 13.6 Å². The third-order valence-electron chi connectivity index (χ3n) is 2.75. The molecule has 2 rings (SSSR count). The van der Waals surface area contributed by atoms with E-state index in [1.165, 1.54) is 0 Å². The van der Waals surface area contributed by atoms with Crippen molar-refractivity contribution in [3.05, 3.63) is 65.7 Å². The minimum absolute atomic E-state index is 0.0274. The van der Waals surface area contributed by atoms with E-state index in [4.69, 9.17) is 4.74 Å². The van der Waals surface area contributed by atoms with E-state index in [1.807, 2.05) is 6.07 Å². The summed E-state index contributed by atoms with van der Waals surface area (Å²) < 4.78 is 31.0. The van der Waals surface area contributed by atoms with Crippen LogP contribution in [-0.2, 0) is 0 Å². The summed E-state index contributed by atoms with van der Waals surface area (Å²) in [6.45, 7) is 0.238. The van der Waals surface area contributed by atoms with Gasteiger partial charge in [-0.15, -0.1) is 0 Å². The summed E-state index contributed by atoms with van der Waals surface area (Å²) in [7, 11) is 0. The lowest BCUT2D eigenvalue weighted by atomic mass is 10.1. The fourth-order valence-electron chi connectivity index (χ4n) is 1.80. The van der Waals surface area contributed by atoms with Gasteiger partial charge in [0.05, 0.1) is 6.61 Å². The molecule has 0 saturated carbocycles. The molecule has 0 saturated heterocycles. The summed E-state index contributed by atoms with van der Waals surface area (Å²) in [6.07, 6.45) is 0.827. The summed E-state index contributed by atoms with van der Waals surface area (Å²) >= 11 is 0. The van der Waals surface area contributed by atoms with E-state index >= 15 is 0 Å². The first-order valence-corrected chi connectivity index (χ1v) is 6.32. The molecule has 0 unspecified atom stereocenters. The van der Waals surface area contributed by atoms with Gasteiger partial charge in [0, 0.05) is 30.2 Å². The van der Waals surface area contributed by atoms with Crippen LogP contribution < -0.4 is 4.74 Å². The van der Waals surface area contributed by atoms with Crippen LogP contribution in [0.1, 0.15) is 23.2 Å². The van der Waals surface area contributed by atoms with Gasteiger partial charge in [-0.25, -0.2) is 8.78 Å². The fourth-order valence-corrected chi connectivity index (χ4v) is 1.80. The van der Waals surface area contributed by atoms with E-state index in [0.717, 1.165) is 18.2 Å². The first-order chi connectivity index (χ1) is 9.65. The van der Waals surface area contributed by atoms with E-state index in [-0.39, 0.29) is 18.1 Å². The average molecular weight is 276 g/mol. The fraction of sp³-hybridized carbons (Fsp3) is 0.188. The quantitative estimate of drug-likeness (QED) is 0.588. The highest BCUT2D eigenvalue weighted by molar-refractivity contribution is 5.95. The number of Topliss-reactive ketones (excluding diaryl/α,β-unsaturated/α-hetero) is 1. The number of carbonyl (C=O) groups is 1. The number of halogens is 2. The predicted molar refractivity (Wildman–Crippen MR) is 71.9 cm³/mol. The Morgan fingerprint density at radius 2 is 1.65 bits per heavy atom. The summed E-state index contributed by atoms with van der Waals surface area (Å²) in [5, 5.41) is 0. The number of hydrogen-bond donors (Lipinski definition) is 0. The molecule has 0 aliphatic heterocycles. The van der Waals surface area contributed by atoms with E-state index in [0.29, 0.717) is 18.4 Å². The highest BCUT2D eigenvalue weighted by Gasteiger charge is 2.05. The maximum absolute atomic E-state index is 12.9. The van der Waals surface area contributed by atoms with Crippen molar-refractivity contribution >= 4 is 5.78 Å². The number of ether oxygens (including phenoxy) is 1. The molecule has 0 N–H and O–H groups in total. The van der Waals surface area contributed by atoms with Crippen molar-refractivity contribution in [2.75, 3.05) is 6.61 Å². The largest absolute Gasteiger partial charge is 0.493 e. The van der Waals surface area contributed by atoms with Crippen LogP contribution in [0.5, 0.6) is 5.75 Å². The summed E-state index contributed by atoms with van der Waals surface area (Å²) in [5.41, 5.74) is 0.657. The second-order valence-corrected chi connectivity index (χ2v) is 4.35. The Hall–Kier alpha value is -2.23. The first-order valence-electron chi connectivity index (χ1n) is 6.32. The maximum atomic E-state index is 12.9. The Bertz CT molecular complexity index is 562. The second-order valence-electron chi connectivity index (χ2n) is 4.35. The lowest BCUT2D eigenvalue weighted by Crippen LogP contribution is -2.04. The van der Waals surface area contributed by atoms with Crippen LogP contribution in [0.4, 0.5) is 8.78 Å². The average Bonchev–Trinajstić information content (AvgIpc) is 2.43. The molecular formula is C16H14F2O2. The zero-order valence-electron chi connectivity index (χ0n) is 10.8. The first kappa shape index (κ1) is 14.2. The van der Waals surface area contributed by atoms with E-state index in [1.54, 1.807) is 24.3 Å². The van der Waals surface area contributed by atoms with Crippen LogP contribution in [0.3, 0.4) is 0 Å². The molecule has 0 atom stereocenters. The third kappa shape index (κ3) is 4.16. The summed E-state index contributed by atoms with van der Waals surface area (Å²) in [4.78, 5) is 11.8. The topological polar surface area (TPSA) is 26.3 Å². The number of carbonyl (C=O) groups excluding carboxylic acids is 1. The molecule has 20 heavy (non-hydrogen) atoms. The van der Waals surface area contributed by atoms with Gasteiger partial charge in [-0.1, -0.05) is 30.3 Å². The molecule has 0 aromatic heterocycles. The number of benzene rings is 2. The number of rotatable bonds is 6. The lowest BCUT2D eigenvalue weighted by molar-refractivity contribution is 0.0973. The van der Waals surface area contributed by atoms with Crippen molar-refractivity contribution in [1.82, 2.24) is 0 Å². The normalized spacial score (nSPS) is 10.3. The number of ketones is 1. The molecule has 0 bridgehead atoms. The molecule has 2 nitrogen and oxygen atoms in total. The van der Waals surface area contributed by atoms with Crippen LogP contribution in [0, 0.1) is 11.6 Å². The Morgan fingerprint density at radius 1 is 1.00 bits per heavy atom. The van der Waals surface area contributed by atoms with Crippen molar-refractivity contribution in [3.63, 3.8) is 0 Å². The highest BCUT2D eigenvalue weighted by Crippen LogP contribution is 2.16. The van der Waals surface area contributed by atoms with E-state index < -0.39 is 11.6 Å². The molecule has 0 radical (unpaired) electrons. The van der Waals surface area contributed by atoms with Gasteiger partial charge in [0.2, 0.25) is 0 Å². The molecule has 2 aromatic rings. The Labute approximate surface area is 116 Å². The summed E-state index contributed by atoms with van der Waals surface area (Å²) in [5.74, 6) is -1.20. The smallest absolute Gasteiger partial charge is 0.163 e. The third-order valence-corrected chi connectivity index (χ3v) is 2.75. The van der Waals surface area contributed by atoms with Gasteiger partial charge in [-0.2, -0.15) is 0 Å². The van der Waals surface area contributed by atoms with Gasteiger partial charge in [-0.05, 0) is 6.42 Å². The van der Waals surface area contributed by atoms with E-state index in [2.05, 4.69) is 0 Å². The van der Waals surface area contributed by atoms with Crippen molar-refractivity contribution < 1.29 is 18.3 Å². The Balaban J connectivity index is 1.78. The van der Waals surface area contributed by atoms with Gasteiger partial charge in [0.25, 0.3) is 0 Å². The molecule has 0 amide bonds. The van der Waals surface area contributed by atoms with Gasteiger partial charge in [-0.3, -0.25) is 4.79 Å². The minimum Gasteiger partial charge on any atom is -0.493 e. The van der Waals surface area contributed by atoms with Gasteiger partial charge in [0.1, 0.15) is 17.4 Å². The molecule has 0 heterocycles. The molecule has 4 heteroatoms. The predicted octanol–water partition coefficient (Wildman–Crippen LogP) is 4.01. The van der Waals surface area contributed by atoms with Crippen LogP contribution in [0.25, 0.3) is 0 Å². The molecule has 2 aromatic carbocycles. The lowest BCUT2D eigenvalue weighted by Gasteiger charge is -2.06. The minimum atomic E-state index is -0.680. The zero-order chi connectivity index (χ0) is 14.4. The standard InChI is InChI=1S/C16H14F2O2/c17-13-9-14(18)11-15(10-13)20-8-4-7-16(19)12-5-2-1-3-6-12/h1-3,5-6,9-11H,4,7-8H2. The van der Waals surface area contributed by atoms with Gasteiger partial charge >= 0.3 is 0 Å². The SMILES string of the molecule is O=C(CCCOc1cc(F)cc(F)c1)c1ccccc1. The Kier molecular flexibility index (Phi) is 4.82. The van der Waals surface area contributed by atoms with Crippen LogP contribution >= 0.6 is 0 Å². The second kappa shape index (κ2) is 6.80. The van der Waals surface area contributed by atoms with Crippen molar-refractivity contribution in [3.8, 4) is 5.75 Å². The van der Waals surface area contributed by atoms with Gasteiger partial charge < -0.3 is 4.74 Å². The number of hydrogen-bond acceptors (Lipinski definition) is 2. The molecule has 0 aliphatic carbocycles. The van der Waals surface area contributed by atoms with Crippen molar-refractivity contribution in [1.29, 1.82) is 0 Å². The van der Waals surface area contributed by atoms with Crippen LogP contribution in [0.2, 0.25) is 0 Å². The Morgan fingerprint density at radius 3 is 2.30 bits per heavy atom. The maximum Gasteiger partial charge on any atom is 0.163 e. The summed E-state index contributed by atoms with van der Waals surface area (Å²) in [6, 6.07) is 12.0. The molecule has 104 valence electrons. The van der Waals surface area contributed by atoms with Crippen LogP contribution in [-0.4, -0.2) is 12.4 Å². The van der Waals surface area contributed by atoms with Crippen molar-refractivity contribution in [2.45, 2.75) is 12.8 Å². The van der Waals surface area contributed by atoms with Crippen LogP contribution in [0.15, 0.2) is 48.5 Å². The molecule has 0 spiro atoms. The van der Waals surface area contributed by atoms with Gasteiger partial charge in [0.15, 0.2) is 5.78 Å². The zero-order valence-corrected chi connectivity index (χ0v) is 10.8. The molecule has 0 fully saturated rings. The molecule has 0 aliphatic rings.